The highest BCUT2D eigenvalue weighted by atomic mass is 127. The van der Waals surface area contributed by atoms with Gasteiger partial charge < -0.3 is 9.84 Å². The Hall–Kier alpha value is -3.26. The molecule has 0 spiro atoms. The molecule has 41 heavy (non-hydrogen) atoms. The van der Waals surface area contributed by atoms with E-state index in [4.69, 9.17) is 4.74 Å². The van der Waals surface area contributed by atoms with Crippen molar-refractivity contribution in [3.63, 3.8) is 0 Å². The molecule has 1 aliphatic rings. The van der Waals surface area contributed by atoms with Crippen LogP contribution in [0, 0.1) is 17.4 Å². The number of aryl methyl sites for hydroxylation is 1. The quantitative estimate of drug-likeness (QED) is 0.140. The number of piperidine rings is 1. The molecule has 0 amide bonds. The van der Waals surface area contributed by atoms with Crippen LogP contribution in [0.4, 0.5) is 0 Å². The van der Waals surface area contributed by atoms with Crippen LogP contribution >= 0.6 is 22.6 Å². The van der Waals surface area contributed by atoms with Gasteiger partial charge in [0, 0.05) is 3.57 Å². The predicted molar refractivity (Wildman–Crippen MR) is 176 cm³/mol. The number of hydrogen-bond donors (Lipinski definition) is 2. The second kappa shape index (κ2) is 13.1. The van der Waals surface area contributed by atoms with Crippen LogP contribution in [0.3, 0.4) is 0 Å². The van der Waals surface area contributed by atoms with Crippen molar-refractivity contribution in [2.75, 3.05) is 6.54 Å². The fraction of sp³-hybridized carbons (Fsp3) is 0.250. The van der Waals surface area contributed by atoms with Gasteiger partial charge >= 0.3 is 5.97 Å². The van der Waals surface area contributed by atoms with E-state index >= 15 is 0 Å². The number of carboxylic acids is 1. The molecule has 1 aliphatic heterocycles. The number of halogens is 1. The van der Waals surface area contributed by atoms with Gasteiger partial charge in [-0.3, -0.25) is 10.1 Å². The number of carbonyl (C=O) groups is 1. The number of rotatable bonds is 9. The molecule has 5 heteroatoms. The molecule has 210 valence electrons. The van der Waals surface area contributed by atoms with Crippen LogP contribution in [0.15, 0.2) is 91.0 Å². The highest BCUT2D eigenvalue weighted by molar-refractivity contribution is 14.1. The van der Waals surface area contributed by atoms with E-state index in [1.807, 2.05) is 30.3 Å². The first-order valence-corrected chi connectivity index (χ1v) is 15.2. The van der Waals surface area contributed by atoms with Crippen molar-refractivity contribution < 1.29 is 14.6 Å². The molecule has 0 aliphatic carbocycles. The van der Waals surface area contributed by atoms with Gasteiger partial charge in [0.05, 0.1) is 6.61 Å². The molecule has 1 saturated heterocycles. The molecule has 1 heterocycles. The molecule has 0 aromatic heterocycles. The van der Waals surface area contributed by atoms with E-state index in [1.165, 1.54) is 22.3 Å². The normalized spacial score (nSPS) is 17.9. The Bertz CT molecular complexity index is 1540. The van der Waals surface area contributed by atoms with E-state index in [9.17, 15) is 9.90 Å². The van der Waals surface area contributed by atoms with Crippen molar-refractivity contribution in [2.45, 2.75) is 51.4 Å². The summed E-state index contributed by atoms with van der Waals surface area (Å²) in [6, 6.07) is 31.2. The maximum atomic E-state index is 12.8. The SMILES string of the molecule is Cc1cc(C(OCc2cccc(I)c2)C2(C(=O)O)CCCCN2)ccc1C=Cc1cccc(-c2ccccc2)c1C. The Balaban J connectivity index is 1.44. The van der Waals surface area contributed by atoms with Gasteiger partial charge in [0.2, 0.25) is 0 Å². The van der Waals surface area contributed by atoms with E-state index in [-0.39, 0.29) is 0 Å². The summed E-state index contributed by atoms with van der Waals surface area (Å²) in [5, 5.41) is 13.8. The van der Waals surface area contributed by atoms with Crippen LogP contribution in [0.25, 0.3) is 23.3 Å². The first-order valence-electron chi connectivity index (χ1n) is 14.2. The molecular formula is C36H36INO3. The van der Waals surface area contributed by atoms with E-state index in [1.54, 1.807) is 0 Å². The van der Waals surface area contributed by atoms with Crippen LogP contribution in [0.5, 0.6) is 0 Å². The molecule has 2 atom stereocenters. The standard InChI is InChI=1S/C36H36INO3/c1-25-22-31(19-17-28(25)16-18-29-13-9-15-33(26(29)2)30-11-4-3-5-12-30)34(36(35(39)40)20-6-7-21-38-36)41-24-27-10-8-14-32(37)23-27/h3-5,8-19,22-23,34,38H,6-7,20-21,24H2,1-2H3,(H,39,40). The third-order valence-electron chi connectivity index (χ3n) is 8.07. The topological polar surface area (TPSA) is 58.6 Å². The monoisotopic (exact) mass is 657 g/mol. The lowest BCUT2D eigenvalue weighted by atomic mass is 9.80. The summed E-state index contributed by atoms with van der Waals surface area (Å²) in [5.41, 5.74) is 7.76. The van der Waals surface area contributed by atoms with Gasteiger partial charge in [-0.2, -0.15) is 0 Å². The lowest BCUT2D eigenvalue weighted by molar-refractivity contribution is -0.156. The van der Waals surface area contributed by atoms with Crippen LogP contribution in [0.2, 0.25) is 0 Å². The molecule has 4 aromatic carbocycles. The molecule has 4 aromatic rings. The highest BCUT2D eigenvalue weighted by Crippen LogP contribution is 2.38. The fourth-order valence-electron chi connectivity index (χ4n) is 5.77. The van der Waals surface area contributed by atoms with E-state index in [0.29, 0.717) is 19.6 Å². The number of ether oxygens (including phenoxy) is 1. The van der Waals surface area contributed by atoms with Crippen LogP contribution in [-0.4, -0.2) is 23.2 Å². The highest BCUT2D eigenvalue weighted by Gasteiger charge is 2.48. The predicted octanol–water partition coefficient (Wildman–Crippen LogP) is 8.60. The summed E-state index contributed by atoms with van der Waals surface area (Å²) in [6.45, 7) is 5.25. The van der Waals surface area contributed by atoms with Crippen LogP contribution in [-0.2, 0) is 16.1 Å². The summed E-state index contributed by atoms with van der Waals surface area (Å²) in [6.07, 6.45) is 6.02. The lowest BCUT2D eigenvalue weighted by Gasteiger charge is -2.41. The zero-order chi connectivity index (χ0) is 28.8. The smallest absolute Gasteiger partial charge is 0.326 e. The number of hydrogen-bond acceptors (Lipinski definition) is 3. The molecule has 4 nitrogen and oxygen atoms in total. The average Bonchev–Trinajstić information content (AvgIpc) is 2.98. The second-order valence-electron chi connectivity index (χ2n) is 10.8. The minimum absolute atomic E-state index is 0.343. The van der Waals surface area contributed by atoms with Gasteiger partial charge in [-0.15, -0.1) is 0 Å². The number of nitrogens with one attached hydrogen (secondary N) is 1. The second-order valence-corrected chi connectivity index (χ2v) is 12.1. The van der Waals surface area contributed by atoms with Crippen LogP contribution in [0.1, 0.15) is 58.7 Å². The Labute approximate surface area is 256 Å². The minimum Gasteiger partial charge on any atom is -0.480 e. The maximum absolute atomic E-state index is 12.8. The summed E-state index contributed by atoms with van der Waals surface area (Å²) in [7, 11) is 0. The molecule has 5 rings (SSSR count). The number of benzene rings is 4. The Morgan fingerprint density at radius 1 is 0.951 bits per heavy atom. The van der Waals surface area contributed by atoms with Gasteiger partial charge in [-0.1, -0.05) is 91.0 Å². The van der Waals surface area contributed by atoms with Crippen molar-refractivity contribution in [1.82, 2.24) is 5.32 Å². The van der Waals surface area contributed by atoms with Crippen molar-refractivity contribution in [3.8, 4) is 11.1 Å². The number of carboxylic acid groups (broad SMARTS) is 1. The van der Waals surface area contributed by atoms with E-state index < -0.39 is 17.6 Å². The summed E-state index contributed by atoms with van der Waals surface area (Å²) in [4.78, 5) is 12.8. The van der Waals surface area contributed by atoms with Crippen molar-refractivity contribution in [1.29, 1.82) is 0 Å². The van der Waals surface area contributed by atoms with Gasteiger partial charge in [-0.25, -0.2) is 0 Å². The molecule has 2 N–H and O–H groups in total. The minimum atomic E-state index is -1.17. The molecular weight excluding hydrogens is 621 g/mol. The zero-order valence-corrected chi connectivity index (χ0v) is 25.7. The van der Waals surface area contributed by atoms with Crippen molar-refractivity contribution in [3.05, 3.63) is 128 Å². The maximum Gasteiger partial charge on any atom is 0.326 e. The van der Waals surface area contributed by atoms with Gasteiger partial charge in [-0.05, 0) is 119 Å². The Morgan fingerprint density at radius 3 is 2.44 bits per heavy atom. The Morgan fingerprint density at radius 2 is 1.73 bits per heavy atom. The third kappa shape index (κ3) is 6.64. The molecule has 1 fully saturated rings. The molecule has 0 bridgehead atoms. The molecule has 2 unspecified atom stereocenters. The first kappa shape index (κ1) is 29.2. The van der Waals surface area contributed by atoms with E-state index in [0.717, 1.165) is 38.7 Å². The molecule has 0 saturated carbocycles. The largest absolute Gasteiger partial charge is 0.480 e. The lowest BCUT2D eigenvalue weighted by Crippen LogP contribution is -2.59. The summed E-state index contributed by atoms with van der Waals surface area (Å²) < 4.78 is 7.63. The zero-order valence-electron chi connectivity index (χ0n) is 23.6. The van der Waals surface area contributed by atoms with Gasteiger partial charge in [0.15, 0.2) is 0 Å². The average molecular weight is 658 g/mol. The summed E-state index contributed by atoms with van der Waals surface area (Å²) >= 11 is 2.29. The van der Waals surface area contributed by atoms with Crippen LogP contribution < -0.4 is 5.32 Å². The summed E-state index contributed by atoms with van der Waals surface area (Å²) in [5.74, 6) is -0.861. The Kier molecular flexibility index (Phi) is 9.38. The number of aliphatic carboxylic acids is 1. The third-order valence-corrected chi connectivity index (χ3v) is 8.74. The fourth-order valence-corrected chi connectivity index (χ4v) is 6.38. The van der Waals surface area contributed by atoms with Gasteiger partial charge in [0.25, 0.3) is 0 Å². The first-order chi connectivity index (χ1) is 19.9. The van der Waals surface area contributed by atoms with E-state index in [2.05, 4.69) is 115 Å². The van der Waals surface area contributed by atoms with Crippen molar-refractivity contribution >= 4 is 40.7 Å². The van der Waals surface area contributed by atoms with Crippen molar-refractivity contribution in [2.24, 2.45) is 0 Å². The molecule has 0 radical (unpaired) electrons. The van der Waals surface area contributed by atoms with Gasteiger partial charge in [0.1, 0.15) is 11.6 Å².